The van der Waals surface area contributed by atoms with Crippen molar-refractivity contribution < 1.29 is 5.11 Å². The number of hydrogen-bond acceptors (Lipinski definition) is 3. The Morgan fingerprint density at radius 1 is 1.19 bits per heavy atom. The smallest absolute Gasteiger partial charge is 0.0778 e. The van der Waals surface area contributed by atoms with Crippen molar-refractivity contribution in [3.8, 4) is 0 Å². The minimum Gasteiger partial charge on any atom is -0.391 e. The van der Waals surface area contributed by atoms with Gasteiger partial charge in [0.15, 0.2) is 0 Å². The first kappa shape index (κ1) is 16.4. The minimum absolute atomic E-state index is 0.0817. The number of aliphatic hydroxyl groups is 1. The summed E-state index contributed by atoms with van der Waals surface area (Å²) >= 11 is 0. The van der Waals surface area contributed by atoms with Crippen LogP contribution in [0.1, 0.15) is 57.7 Å². The van der Waals surface area contributed by atoms with Crippen LogP contribution in [0.25, 0.3) is 0 Å². The van der Waals surface area contributed by atoms with E-state index in [0.29, 0.717) is 6.42 Å². The van der Waals surface area contributed by atoms with Crippen molar-refractivity contribution in [3.63, 3.8) is 0 Å². The van der Waals surface area contributed by atoms with E-state index in [1.807, 2.05) is 6.20 Å². The van der Waals surface area contributed by atoms with Crippen LogP contribution >= 0.6 is 0 Å². The number of rotatable bonds is 7. The van der Waals surface area contributed by atoms with Gasteiger partial charge in [-0.25, -0.2) is 0 Å². The van der Waals surface area contributed by atoms with Crippen molar-refractivity contribution in [1.82, 2.24) is 9.88 Å². The number of likely N-dealkylation sites (tertiary alicyclic amines) is 1. The topological polar surface area (TPSA) is 36.4 Å². The van der Waals surface area contributed by atoms with Crippen LogP contribution in [-0.4, -0.2) is 39.7 Å². The highest BCUT2D eigenvalue weighted by Gasteiger charge is 2.41. The van der Waals surface area contributed by atoms with Crippen LogP contribution in [0.15, 0.2) is 18.3 Å². The highest BCUT2D eigenvalue weighted by atomic mass is 16.3. The molecule has 2 heterocycles. The summed E-state index contributed by atoms with van der Waals surface area (Å²) in [7, 11) is 0. The van der Waals surface area contributed by atoms with Crippen LogP contribution in [0.5, 0.6) is 0 Å². The third kappa shape index (κ3) is 3.46. The van der Waals surface area contributed by atoms with E-state index in [1.165, 1.54) is 18.4 Å². The Labute approximate surface area is 129 Å². The van der Waals surface area contributed by atoms with Crippen molar-refractivity contribution in [2.45, 2.75) is 70.9 Å². The van der Waals surface area contributed by atoms with Gasteiger partial charge in [-0.05, 0) is 56.8 Å². The zero-order valence-electron chi connectivity index (χ0n) is 13.8. The summed E-state index contributed by atoms with van der Waals surface area (Å²) < 4.78 is 0. The number of aliphatic hydroxyl groups excluding tert-OH is 1. The van der Waals surface area contributed by atoms with Gasteiger partial charge in [-0.3, -0.25) is 9.88 Å². The lowest BCUT2D eigenvalue weighted by Crippen LogP contribution is -2.55. The van der Waals surface area contributed by atoms with Gasteiger partial charge in [0.1, 0.15) is 0 Å². The molecule has 0 spiro atoms. The highest BCUT2D eigenvalue weighted by molar-refractivity contribution is 5.15. The molecule has 1 aromatic heterocycles. The number of hydrogen-bond donors (Lipinski definition) is 1. The summed E-state index contributed by atoms with van der Waals surface area (Å²) in [5.74, 6) is 0. The fourth-order valence-electron chi connectivity index (χ4n) is 3.71. The predicted octanol–water partition coefficient (Wildman–Crippen LogP) is 3.20. The summed E-state index contributed by atoms with van der Waals surface area (Å²) in [5, 5.41) is 10.9. The summed E-state index contributed by atoms with van der Waals surface area (Å²) in [6.07, 6.45) is 7.79. The lowest BCUT2D eigenvalue weighted by atomic mass is 9.82. The van der Waals surface area contributed by atoms with E-state index in [4.69, 9.17) is 0 Å². The molecule has 1 aliphatic heterocycles. The van der Waals surface area contributed by atoms with Crippen LogP contribution in [-0.2, 0) is 12.8 Å². The van der Waals surface area contributed by atoms with E-state index >= 15 is 0 Å². The quantitative estimate of drug-likeness (QED) is 0.838. The lowest BCUT2D eigenvalue weighted by Gasteiger charge is -2.44. The molecule has 1 aromatic rings. The summed E-state index contributed by atoms with van der Waals surface area (Å²) in [6.45, 7) is 8.80. The average Bonchev–Trinajstić information content (AvgIpc) is 3.05. The Bertz CT molecular complexity index is 419. The Hall–Kier alpha value is -0.930. The molecule has 1 atom stereocenters. The van der Waals surface area contributed by atoms with E-state index in [1.54, 1.807) is 0 Å². The molecule has 1 unspecified atom stereocenters. The molecule has 0 bridgehead atoms. The third-order valence-electron chi connectivity index (χ3n) is 5.28. The van der Waals surface area contributed by atoms with Crippen LogP contribution in [0, 0.1) is 0 Å². The van der Waals surface area contributed by atoms with Crippen molar-refractivity contribution in [2.24, 2.45) is 0 Å². The first-order valence-electron chi connectivity index (χ1n) is 8.53. The molecule has 0 aromatic carbocycles. The third-order valence-corrected chi connectivity index (χ3v) is 5.28. The predicted molar refractivity (Wildman–Crippen MR) is 87.4 cm³/mol. The Kier molecular flexibility index (Phi) is 5.77. The van der Waals surface area contributed by atoms with E-state index in [2.05, 4.69) is 42.8 Å². The van der Waals surface area contributed by atoms with Crippen LogP contribution in [0.3, 0.4) is 0 Å². The van der Waals surface area contributed by atoms with Crippen LogP contribution in [0.2, 0.25) is 0 Å². The second-order valence-electron chi connectivity index (χ2n) is 6.24. The molecule has 0 radical (unpaired) electrons. The molecule has 118 valence electrons. The standard InChI is InChI=1S/C18H30N2O/c1-4-15-9-10-16(19-14-15)13-17(21)18(5-2,6-3)20-11-7-8-12-20/h9-10,14,17,21H,4-8,11-13H2,1-3H3. The number of nitrogens with zero attached hydrogens (tertiary/aromatic N) is 2. The van der Waals surface area contributed by atoms with Gasteiger partial charge in [-0.2, -0.15) is 0 Å². The fraction of sp³-hybridized carbons (Fsp3) is 0.722. The highest BCUT2D eigenvalue weighted by Crippen LogP contribution is 2.32. The number of pyridine rings is 1. The molecule has 0 saturated carbocycles. The minimum atomic E-state index is -0.342. The molecule has 3 heteroatoms. The first-order valence-corrected chi connectivity index (χ1v) is 8.53. The molecule has 1 N–H and O–H groups in total. The maximum absolute atomic E-state index is 10.9. The molecule has 1 fully saturated rings. The van der Waals surface area contributed by atoms with Gasteiger partial charge in [0.25, 0.3) is 0 Å². The number of aromatic nitrogens is 1. The van der Waals surface area contributed by atoms with Gasteiger partial charge in [-0.1, -0.05) is 26.8 Å². The normalized spacial score (nSPS) is 18.1. The Balaban J connectivity index is 2.11. The molecule has 3 nitrogen and oxygen atoms in total. The summed E-state index contributed by atoms with van der Waals surface area (Å²) in [5.41, 5.74) is 2.18. The van der Waals surface area contributed by atoms with E-state index < -0.39 is 0 Å². The second kappa shape index (κ2) is 7.37. The van der Waals surface area contributed by atoms with Crippen LogP contribution in [0.4, 0.5) is 0 Å². The van der Waals surface area contributed by atoms with Crippen molar-refractivity contribution >= 4 is 0 Å². The SMILES string of the molecule is CCc1ccc(CC(O)C(CC)(CC)N2CCCC2)nc1. The van der Waals surface area contributed by atoms with Crippen molar-refractivity contribution in [3.05, 3.63) is 29.6 Å². The zero-order chi connectivity index (χ0) is 15.3. The lowest BCUT2D eigenvalue weighted by molar-refractivity contribution is -0.0274. The van der Waals surface area contributed by atoms with E-state index in [-0.39, 0.29) is 11.6 Å². The van der Waals surface area contributed by atoms with Gasteiger partial charge in [0.2, 0.25) is 0 Å². The monoisotopic (exact) mass is 290 g/mol. The van der Waals surface area contributed by atoms with E-state index in [9.17, 15) is 5.11 Å². The zero-order valence-corrected chi connectivity index (χ0v) is 13.8. The maximum atomic E-state index is 10.9. The summed E-state index contributed by atoms with van der Waals surface area (Å²) in [4.78, 5) is 7.03. The van der Waals surface area contributed by atoms with Gasteiger partial charge in [0.05, 0.1) is 6.10 Å². The van der Waals surface area contributed by atoms with Crippen molar-refractivity contribution in [2.75, 3.05) is 13.1 Å². The Morgan fingerprint density at radius 3 is 2.33 bits per heavy atom. The molecule has 2 rings (SSSR count). The molecule has 21 heavy (non-hydrogen) atoms. The number of aryl methyl sites for hydroxylation is 1. The van der Waals surface area contributed by atoms with Gasteiger partial charge in [0, 0.05) is 23.9 Å². The average molecular weight is 290 g/mol. The molecule has 1 saturated heterocycles. The summed E-state index contributed by atoms with van der Waals surface area (Å²) in [6, 6.07) is 4.20. The molecular weight excluding hydrogens is 260 g/mol. The van der Waals surface area contributed by atoms with E-state index in [0.717, 1.165) is 38.0 Å². The molecule has 0 aliphatic carbocycles. The molecular formula is C18H30N2O. The second-order valence-corrected chi connectivity index (χ2v) is 6.24. The molecule has 0 amide bonds. The van der Waals surface area contributed by atoms with Crippen molar-refractivity contribution in [1.29, 1.82) is 0 Å². The first-order chi connectivity index (χ1) is 10.2. The fourth-order valence-corrected chi connectivity index (χ4v) is 3.71. The molecule has 1 aliphatic rings. The maximum Gasteiger partial charge on any atom is 0.0778 e. The van der Waals surface area contributed by atoms with Gasteiger partial charge >= 0.3 is 0 Å². The van der Waals surface area contributed by atoms with Crippen LogP contribution < -0.4 is 0 Å². The largest absolute Gasteiger partial charge is 0.391 e. The van der Waals surface area contributed by atoms with Gasteiger partial charge in [-0.15, -0.1) is 0 Å². The van der Waals surface area contributed by atoms with Gasteiger partial charge < -0.3 is 5.11 Å². The Morgan fingerprint density at radius 2 is 1.86 bits per heavy atom.